The zero-order valence-electron chi connectivity index (χ0n) is 15.1. The third-order valence-electron chi connectivity index (χ3n) is 3.84. The summed E-state index contributed by atoms with van der Waals surface area (Å²) in [6, 6.07) is 20.9. The van der Waals surface area contributed by atoms with E-state index in [1.807, 2.05) is 18.2 Å². The van der Waals surface area contributed by atoms with Gasteiger partial charge < -0.3 is 10.4 Å². The van der Waals surface area contributed by atoms with Crippen LogP contribution in [0.3, 0.4) is 0 Å². The Morgan fingerprint density at radius 2 is 1.69 bits per heavy atom. The van der Waals surface area contributed by atoms with E-state index in [4.69, 9.17) is 0 Å². The van der Waals surface area contributed by atoms with Crippen molar-refractivity contribution in [3.05, 3.63) is 89.8 Å². The number of phenols is 1. The number of carbonyl (C=O) groups excluding carboxylic acids is 1. The summed E-state index contributed by atoms with van der Waals surface area (Å²) in [4.78, 5) is 12.3. The molecule has 0 saturated carbocycles. The van der Waals surface area contributed by atoms with Crippen LogP contribution in [0.5, 0.6) is 5.75 Å². The lowest BCUT2D eigenvalue weighted by Gasteiger charge is -2.06. The zero-order chi connectivity index (χ0) is 20.6. The van der Waals surface area contributed by atoms with Crippen molar-refractivity contribution in [1.29, 1.82) is 5.26 Å². The number of hydrogen-bond acceptors (Lipinski definition) is 5. The Kier molecular flexibility index (Phi) is 6.08. The molecule has 142 valence electrons. The van der Waals surface area contributed by atoms with E-state index < -0.39 is 11.7 Å². The number of nitriles is 1. The van der Waals surface area contributed by atoms with Gasteiger partial charge in [0.05, 0.1) is 17.1 Å². The highest BCUT2D eigenvalue weighted by Gasteiger charge is 2.13. The summed E-state index contributed by atoms with van der Waals surface area (Å²) in [5.74, 6) is -1.56. The molecule has 0 atom stereocenters. The van der Waals surface area contributed by atoms with E-state index in [-0.39, 0.29) is 22.6 Å². The number of amides is 1. The van der Waals surface area contributed by atoms with Crippen LogP contribution in [0.15, 0.2) is 88.6 Å². The molecular formula is C22H15FN4O2. The fourth-order valence-corrected chi connectivity index (χ4v) is 2.39. The lowest BCUT2D eigenvalue weighted by Crippen LogP contribution is -2.14. The highest BCUT2D eigenvalue weighted by Crippen LogP contribution is 2.27. The number of aromatic hydroxyl groups is 1. The van der Waals surface area contributed by atoms with Crippen molar-refractivity contribution in [2.24, 2.45) is 10.2 Å². The first-order valence-corrected chi connectivity index (χ1v) is 8.54. The fraction of sp³-hybridized carbons (Fsp3) is 0. The van der Waals surface area contributed by atoms with Crippen molar-refractivity contribution in [2.45, 2.75) is 0 Å². The summed E-state index contributed by atoms with van der Waals surface area (Å²) >= 11 is 0. The number of nitrogens with one attached hydrogen (secondary N) is 1. The molecule has 3 rings (SSSR count). The van der Waals surface area contributed by atoms with Gasteiger partial charge in [-0.3, -0.25) is 4.79 Å². The molecule has 0 radical (unpaired) electrons. The largest absolute Gasteiger partial charge is 0.507 e. The SMILES string of the molecule is N#C/C(=C/c1cc(N=Nc2ccccc2)ccc1O)C(=O)Nc1ccccc1F. The molecule has 0 aliphatic carbocycles. The topological polar surface area (TPSA) is 97.8 Å². The van der Waals surface area contributed by atoms with Gasteiger partial charge in [-0.25, -0.2) is 4.39 Å². The Morgan fingerprint density at radius 3 is 2.41 bits per heavy atom. The average Bonchev–Trinajstić information content (AvgIpc) is 2.74. The van der Waals surface area contributed by atoms with Crippen LogP contribution in [0, 0.1) is 17.1 Å². The Bertz CT molecular complexity index is 1140. The van der Waals surface area contributed by atoms with E-state index in [1.165, 1.54) is 36.4 Å². The smallest absolute Gasteiger partial charge is 0.266 e. The summed E-state index contributed by atoms with van der Waals surface area (Å²) in [6.45, 7) is 0. The van der Waals surface area contributed by atoms with Gasteiger partial charge in [0.15, 0.2) is 0 Å². The Morgan fingerprint density at radius 1 is 1.00 bits per heavy atom. The van der Waals surface area contributed by atoms with E-state index in [0.717, 1.165) is 0 Å². The second-order valence-corrected chi connectivity index (χ2v) is 5.88. The molecule has 3 aromatic carbocycles. The van der Waals surface area contributed by atoms with Crippen LogP contribution in [0.4, 0.5) is 21.5 Å². The molecule has 0 aromatic heterocycles. The first kappa shape index (κ1) is 19.5. The molecule has 6 nitrogen and oxygen atoms in total. The molecule has 7 heteroatoms. The van der Waals surface area contributed by atoms with Crippen molar-refractivity contribution in [2.75, 3.05) is 5.32 Å². The van der Waals surface area contributed by atoms with Gasteiger partial charge in [-0.2, -0.15) is 15.5 Å². The van der Waals surface area contributed by atoms with Crippen LogP contribution in [-0.2, 0) is 4.79 Å². The fourth-order valence-electron chi connectivity index (χ4n) is 2.39. The highest BCUT2D eigenvalue weighted by atomic mass is 19.1. The number of azo groups is 1. The lowest BCUT2D eigenvalue weighted by molar-refractivity contribution is -0.112. The molecule has 0 unspecified atom stereocenters. The van der Waals surface area contributed by atoms with Gasteiger partial charge in [0, 0.05) is 5.56 Å². The van der Waals surface area contributed by atoms with E-state index >= 15 is 0 Å². The van der Waals surface area contributed by atoms with Gasteiger partial charge in [0.1, 0.15) is 23.2 Å². The van der Waals surface area contributed by atoms with Crippen LogP contribution < -0.4 is 5.32 Å². The van der Waals surface area contributed by atoms with Crippen LogP contribution in [0.2, 0.25) is 0 Å². The number of carbonyl (C=O) groups is 1. The van der Waals surface area contributed by atoms with Gasteiger partial charge in [0.25, 0.3) is 5.91 Å². The molecule has 0 aliphatic heterocycles. The summed E-state index contributed by atoms with van der Waals surface area (Å²) in [6.07, 6.45) is 1.20. The van der Waals surface area contributed by atoms with Gasteiger partial charge in [0.2, 0.25) is 0 Å². The summed E-state index contributed by atoms with van der Waals surface area (Å²) in [5.41, 5.74) is 0.924. The number of phenolic OH excluding ortho intramolecular Hbond substituents is 1. The Hall–Kier alpha value is -4.31. The van der Waals surface area contributed by atoms with Crippen molar-refractivity contribution < 1.29 is 14.3 Å². The number of para-hydroxylation sites is 1. The minimum atomic E-state index is -0.798. The number of anilines is 1. The molecular weight excluding hydrogens is 371 g/mol. The van der Waals surface area contributed by atoms with Crippen molar-refractivity contribution in [3.8, 4) is 11.8 Å². The summed E-state index contributed by atoms with van der Waals surface area (Å²) in [7, 11) is 0. The predicted octanol–water partition coefficient (Wildman–Crippen LogP) is 5.49. The van der Waals surface area contributed by atoms with E-state index in [0.29, 0.717) is 11.4 Å². The molecule has 2 N–H and O–H groups in total. The van der Waals surface area contributed by atoms with Gasteiger partial charge in [-0.1, -0.05) is 30.3 Å². The normalized spacial score (nSPS) is 11.2. The number of rotatable bonds is 5. The molecule has 0 fully saturated rings. The maximum Gasteiger partial charge on any atom is 0.266 e. The second kappa shape index (κ2) is 9.06. The molecule has 29 heavy (non-hydrogen) atoms. The zero-order valence-corrected chi connectivity index (χ0v) is 15.1. The highest BCUT2D eigenvalue weighted by molar-refractivity contribution is 6.09. The van der Waals surface area contributed by atoms with Crippen molar-refractivity contribution >= 4 is 29.0 Å². The monoisotopic (exact) mass is 386 g/mol. The van der Waals surface area contributed by atoms with Crippen LogP contribution >= 0.6 is 0 Å². The van der Waals surface area contributed by atoms with Gasteiger partial charge in [-0.15, -0.1) is 0 Å². The van der Waals surface area contributed by atoms with Gasteiger partial charge >= 0.3 is 0 Å². The number of halogens is 1. The lowest BCUT2D eigenvalue weighted by atomic mass is 10.1. The summed E-state index contributed by atoms with van der Waals surface area (Å²) < 4.78 is 13.7. The third-order valence-corrected chi connectivity index (χ3v) is 3.84. The maximum absolute atomic E-state index is 13.7. The predicted molar refractivity (Wildman–Crippen MR) is 107 cm³/mol. The quantitative estimate of drug-likeness (QED) is 0.344. The first-order chi connectivity index (χ1) is 14.1. The van der Waals surface area contributed by atoms with Crippen LogP contribution in [0.1, 0.15) is 5.56 Å². The molecule has 0 spiro atoms. The molecule has 3 aromatic rings. The molecule has 0 heterocycles. The molecule has 1 amide bonds. The van der Waals surface area contributed by atoms with Crippen LogP contribution in [-0.4, -0.2) is 11.0 Å². The Labute approximate surface area is 166 Å². The van der Waals surface area contributed by atoms with E-state index in [1.54, 1.807) is 30.3 Å². The molecule has 0 bridgehead atoms. The minimum Gasteiger partial charge on any atom is -0.507 e. The number of benzene rings is 3. The maximum atomic E-state index is 13.7. The number of hydrogen-bond donors (Lipinski definition) is 2. The van der Waals surface area contributed by atoms with E-state index in [2.05, 4.69) is 15.5 Å². The first-order valence-electron chi connectivity index (χ1n) is 8.54. The van der Waals surface area contributed by atoms with Crippen molar-refractivity contribution in [1.82, 2.24) is 0 Å². The average molecular weight is 386 g/mol. The van der Waals surface area contributed by atoms with Crippen LogP contribution in [0.25, 0.3) is 6.08 Å². The minimum absolute atomic E-state index is 0.0479. The third kappa shape index (κ3) is 5.11. The second-order valence-electron chi connectivity index (χ2n) is 5.88. The van der Waals surface area contributed by atoms with Crippen molar-refractivity contribution in [3.63, 3.8) is 0 Å². The number of nitrogens with zero attached hydrogens (tertiary/aromatic N) is 3. The standard InChI is InChI=1S/C22H15FN4O2/c23-19-8-4-5-9-20(19)25-22(29)16(14-24)12-15-13-18(10-11-21(15)28)27-26-17-6-2-1-3-7-17/h1-13,28H,(H,25,29)/b16-12-,27-26?. The molecule has 0 saturated heterocycles. The Balaban J connectivity index is 1.85. The molecule has 0 aliphatic rings. The van der Waals surface area contributed by atoms with E-state index in [9.17, 15) is 19.6 Å². The van der Waals surface area contributed by atoms with Gasteiger partial charge in [-0.05, 0) is 48.5 Å². The summed E-state index contributed by atoms with van der Waals surface area (Å²) in [5, 5.41) is 29.9.